The van der Waals surface area contributed by atoms with Gasteiger partial charge in [-0.2, -0.15) is 0 Å². The molecule has 15 unspecified atom stereocenters. The van der Waals surface area contributed by atoms with Crippen LogP contribution in [0, 0.1) is 41.4 Å². The fourth-order valence-electron chi connectivity index (χ4n) is 7.19. The number of aliphatic hydroxyl groups excluding tert-OH is 8. The number of aliphatic carboxylic acids is 3. The van der Waals surface area contributed by atoms with E-state index >= 15 is 0 Å². The summed E-state index contributed by atoms with van der Waals surface area (Å²) in [6, 6.07) is 0. The quantitative estimate of drug-likeness (QED) is 0.110. The number of rotatable bonds is 7. The Balaban J connectivity index is -0.000000997. The van der Waals surface area contributed by atoms with Crippen molar-refractivity contribution in [1.82, 2.24) is 0 Å². The van der Waals surface area contributed by atoms with Crippen molar-refractivity contribution in [1.29, 1.82) is 0 Å². The number of hydrogen-bond donors (Lipinski definition) is 8. The summed E-state index contributed by atoms with van der Waals surface area (Å²) in [6.07, 6.45) is -17.3. The molecule has 5 aliphatic heterocycles. The number of carbonyl (C=O) groups excluding carboxylic acids is 3. The molecule has 0 aromatic heterocycles. The summed E-state index contributed by atoms with van der Waals surface area (Å²) in [4.78, 5) is 32.5. The molecule has 5 rings (SSSR count). The van der Waals surface area contributed by atoms with Crippen LogP contribution in [0.15, 0.2) is 11.8 Å². The van der Waals surface area contributed by atoms with Gasteiger partial charge in [0, 0.05) is 23.7 Å². The molecule has 0 aromatic carbocycles. The summed E-state index contributed by atoms with van der Waals surface area (Å²) >= 11 is 0. The topological polar surface area (TPSA) is 347 Å². The zero-order valence-corrected chi connectivity index (χ0v) is 42.7. The van der Waals surface area contributed by atoms with E-state index < -0.39 is 128 Å². The van der Waals surface area contributed by atoms with Gasteiger partial charge >= 0.3 is 88.7 Å². The molecule has 24 heteroatoms. The van der Waals surface area contributed by atoms with Crippen molar-refractivity contribution in [2.24, 2.45) is 41.4 Å². The fourth-order valence-corrected chi connectivity index (χ4v) is 7.19. The number of hydrogen-bond acceptors (Lipinski definition) is 21. The standard InChI is InChI=1S/C24H42O9.C7H12O6.C6H8O6.2CH4.3Na/c1-9-10(2)15(7)30-23(13(9)5)32-19-17(25)14(6)24(33-20(19)21(26)27)31-18-11(3)12(4)22(28)29-16(18)8;1-2-3(8)4(9)5(6(10)11)13-7(2)12;7-2-1-3(5(9)10)12-6(11)4(2)8;;;;;/h9-20,22-25,28H,1-8H3,(H,26,27);2-5,7-9,12H,1H3,(H,10,11);1-2,4,6-8,11H,(H,9,10);2*1H4;;;/q;;;;;3*+1/p-3/t9-,10?,11+,12?,13?,14?,15?,16?,17+,18-,19-,20?,22?,23?,24?;2?,3-,4-,5?,7?;2-,4?,6?;;;;;/m101...../s1. The van der Waals surface area contributed by atoms with E-state index in [4.69, 9.17) is 44.1 Å². The van der Waals surface area contributed by atoms with Crippen LogP contribution in [0.4, 0.5) is 0 Å². The number of aliphatic hydroxyl groups is 8. The monoisotopic (exact) mass is 940 g/mol. The first kappa shape index (κ1) is 67.7. The van der Waals surface area contributed by atoms with Gasteiger partial charge in [0.15, 0.2) is 25.2 Å². The minimum Gasteiger partial charge on any atom is -0.547 e. The summed E-state index contributed by atoms with van der Waals surface area (Å²) in [5.41, 5.74) is 0. The molecule has 5 aliphatic rings. The predicted molar refractivity (Wildman–Crippen MR) is 198 cm³/mol. The third kappa shape index (κ3) is 16.8. The van der Waals surface area contributed by atoms with E-state index in [9.17, 15) is 50.1 Å². The van der Waals surface area contributed by atoms with Crippen LogP contribution in [-0.2, 0) is 47.5 Å². The molecule has 21 nitrogen and oxygen atoms in total. The van der Waals surface area contributed by atoms with Crippen molar-refractivity contribution >= 4 is 17.9 Å². The molecule has 5 heterocycles. The SMILES string of the molecule is C.C.CC1C(O)OC(C(=O)[O-])[C@@H](O)[C@H]1O.CC1OC(O[C@H]2C(C(=O)[O-])OC(O[C@H]3C(C)OC(O)C(C)[C@@H]3C)C(C)[C@@H]2O)C(C)[C@H](C)C1C.O=C([O-])C1=C[C@@H](O)C(O)C(O)O1.[Na+].[Na+].[Na+]. The Morgan fingerprint density at radius 1 is 0.492 bits per heavy atom. The Morgan fingerprint density at radius 3 is 1.48 bits per heavy atom. The van der Waals surface area contributed by atoms with Crippen LogP contribution in [0.2, 0.25) is 0 Å². The first-order chi connectivity index (χ1) is 26.8. The maximum Gasteiger partial charge on any atom is 1.00 e. The number of carboxylic acid groups (broad SMARTS) is 3. The Bertz CT molecular complexity index is 1420. The van der Waals surface area contributed by atoms with E-state index in [2.05, 4.69) is 23.3 Å². The van der Waals surface area contributed by atoms with Crippen molar-refractivity contribution in [3.05, 3.63) is 11.8 Å². The molecule has 0 amide bonds. The first-order valence-corrected chi connectivity index (χ1v) is 19.2. The summed E-state index contributed by atoms with van der Waals surface area (Å²) in [5.74, 6) is -6.42. The largest absolute Gasteiger partial charge is 1.00 e. The third-order valence-corrected chi connectivity index (χ3v) is 12.1. The van der Waals surface area contributed by atoms with Gasteiger partial charge in [-0.15, -0.1) is 0 Å². The zero-order valence-electron chi connectivity index (χ0n) is 36.7. The van der Waals surface area contributed by atoms with Gasteiger partial charge in [-0.25, -0.2) is 0 Å². The van der Waals surface area contributed by atoms with Crippen LogP contribution in [-0.4, -0.2) is 157 Å². The summed E-state index contributed by atoms with van der Waals surface area (Å²) in [5, 5.41) is 108. The van der Waals surface area contributed by atoms with E-state index in [1.807, 2.05) is 27.7 Å². The molecule has 8 N–H and O–H groups in total. The molecule has 0 aliphatic carbocycles. The van der Waals surface area contributed by atoms with E-state index in [1.165, 1.54) is 6.92 Å². The van der Waals surface area contributed by atoms with E-state index in [1.54, 1.807) is 13.8 Å². The van der Waals surface area contributed by atoms with Gasteiger partial charge in [0.2, 0.25) is 6.29 Å². The summed E-state index contributed by atoms with van der Waals surface area (Å²) < 4.78 is 38.4. The van der Waals surface area contributed by atoms with Gasteiger partial charge in [0.05, 0.1) is 42.5 Å². The van der Waals surface area contributed by atoms with E-state index in [0.717, 1.165) is 6.08 Å². The molecule has 352 valence electrons. The smallest absolute Gasteiger partial charge is 0.547 e. The zero-order chi connectivity index (χ0) is 44.2. The molecule has 0 spiro atoms. The summed E-state index contributed by atoms with van der Waals surface area (Å²) in [6.45, 7) is 16.9. The van der Waals surface area contributed by atoms with Gasteiger partial charge in [-0.3, -0.25) is 0 Å². The second kappa shape index (κ2) is 29.4. The number of carboxylic acids is 3. The molecule has 4 saturated heterocycles. The average molecular weight is 941 g/mol. The molecule has 0 radical (unpaired) electrons. The van der Waals surface area contributed by atoms with Gasteiger partial charge in [0.1, 0.15) is 48.4 Å². The maximum atomic E-state index is 12.0. The number of ether oxygens (including phenoxy) is 7. The fraction of sp³-hybridized carbons (Fsp3) is 0.872. The molecule has 63 heavy (non-hydrogen) atoms. The van der Waals surface area contributed by atoms with E-state index in [-0.39, 0.29) is 127 Å². The third-order valence-electron chi connectivity index (χ3n) is 12.1. The van der Waals surface area contributed by atoms with Crippen molar-refractivity contribution in [2.75, 3.05) is 0 Å². The Hall–Kier alpha value is 0.390. The van der Waals surface area contributed by atoms with Crippen molar-refractivity contribution < 1.29 is 192 Å². The molecular weight excluding hydrogens is 873 g/mol. The first-order valence-electron chi connectivity index (χ1n) is 19.2. The van der Waals surface area contributed by atoms with Crippen LogP contribution < -0.4 is 104 Å². The Kier molecular flexibility index (Phi) is 31.6. The van der Waals surface area contributed by atoms with Gasteiger partial charge in [0.25, 0.3) is 0 Å². The average Bonchev–Trinajstić information content (AvgIpc) is 3.15. The molecule has 23 atom stereocenters. The van der Waals surface area contributed by atoms with Crippen LogP contribution in [0.5, 0.6) is 0 Å². The Morgan fingerprint density at radius 2 is 0.984 bits per heavy atom. The van der Waals surface area contributed by atoms with Crippen molar-refractivity contribution in [2.45, 2.75) is 176 Å². The Labute approximate surface area is 435 Å². The molecular formula is C39H67Na3O21. The van der Waals surface area contributed by atoms with Gasteiger partial charge in [-0.05, 0) is 37.7 Å². The minimum atomic E-state index is -1.74. The normalized spacial score (nSPS) is 44.3. The molecule has 4 fully saturated rings. The van der Waals surface area contributed by atoms with Crippen molar-refractivity contribution in [3.63, 3.8) is 0 Å². The van der Waals surface area contributed by atoms with Crippen LogP contribution in [0.1, 0.15) is 77.2 Å². The van der Waals surface area contributed by atoms with Crippen LogP contribution in [0.25, 0.3) is 0 Å². The van der Waals surface area contributed by atoms with Gasteiger partial charge < -0.3 is 104 Å². The van der Waals surface area contributed by atoms with Crippen molar-refractivity contribution in [3.8, 4) is 0 Å². The van der Waals surface area contributed by atoms with Crippen LogP contribution in [0.3, 0.4) is 0 Å². The molecule has 0 saturated carbocycles. The molecule has 0 bridgehead atoms. The molecule has 0 aromatic rings. The predicted octanol–water partition coefficient (Wildman–Crippen LogP) is -13.3. The summed E-state index contributed by atoms with van der Waals surface area (Å²) in [7, 11) is 0. The van der Waals surface area contributed by atoms with Gasteiger partial charge in [-0.1, -0.05) is 63.3 Å². The maximum absolute atomic E-state index is 12.0. The second-order valence-corrected chi connectivity index (χ2v) is 15.9. The minimum absolute atomic E-state index is 0. The number of carbonyl (C=O) groups is 3. The second-order valence-electron chi connectivity index (χ2n) is 15.9. The van der Waals surface area contributed by atoms with E-state index in [0.29, 0.717) is 11.8 Å². The van der Waals surface area contributed by atoms with Crippen LogP contribution >= 0.6 is 0 Å².